The van der Waals surface area contributed by atoms with E-state index in [0.717, 1.165) is 0 Å². The molecule has 0 fully saturated rings. The quantitative estimate of drug-likeness (QED) is 0.754. The summed E-state index contributed by atoms with van der Waals surface area (Å²) in [5.41, 5.74) is 1.03. The van der Waals surface area contributed by atoms with Gasteiger partial charge in [0.2, 0.25) is 5.91 Å². The Labute approximate surface area is 140 Å². The maximum absolute atomic E-state index is 14.2. The Bertz CT molecular complexity index is 890. The number of nitrogens with one attached hydrogen (secondary N) is 2. The van der Waals surface area contributed by atoms with Crippen LogP contribution < -0.4 is 10.6 Å². The monoisotopic (exact) mass is 345 g/mol. The molecule has 1 aromatic carbocycles. The Balaban J connectivity index is 1.78. The second kappa shape index (κ2) is 6.63. The number of anilines is 2. The number of carbonyl (C=O) groups excluding carboxylic acids is 2. The van der Waals surface area contributed by atoms with Gasteiger partial charge in [-0.25, -0.2) is 9.37 Å². The molecule has 2 heterocycles. The molecule has 3 aromatic rings. The molecule has 0 saturated heterocycles. The Morgan fingerprint density at radius 3 is 2.75 bits per heavy atom. The van der Waals surface area contributed by atoms with Gasteiger partial charge in [-0.2, -0.15) is 0 Å². The van der Waals surface area contributed by atoms with Crippen molar-refractivity contribution in [3.8, 4) is 11.3 Å². The molecule has 6 nitrogen and oxygen atoms in total. The van der Waals surface area contributed by atoms with Crippen LogP contribution in [0.15, 0.2) is 46.4 Å². The van der Waals surface area contributed by atoms with Crippen molar-refractivity contribution in [3.05, 3.63) is 53.6 Å². The molecule has 2 aromatic heterocycles. The first-order valence-corrected chi connectivity index (χ1v) is 7.79. The fourth-order valence-electron chi connectivity index (χ4n) is 2.03. The van der Waals surface area contributed by atoms with Crippen LogP contribution in [0.5, 0.6) is 0 Å². The van der Waals surface area contributed by atoms with E-state index in [4.69, 9.17) is 4.42 Å². The number of amides is 2. The van der Waals surface area contributed by atoms with E-state index < -0.39 is 11.7 Å². The normalized spacial score (nSPS) is 10.4. The number of rotatable bonds is 4. The molecule has 0 atom stereocenters. The predicted molar refractivity (Wildman–Crippen MR) is 88.5 cm³/mol. The van der Waals surface area contributed by atoms with Gasteiger partial charge in [0, 0.05) is 23.6 Å². The number of nitrogens with zero attached hydrogens (tertiary/aromatic N) is 1. The Morgan fingerprint density at radius 2 is 2.08 bits per heavy atom. The Morgan fingerprint density at radius 1 is 1.25 bits per heavy atom. The van der Waals surface area contributed by atoms with Crippen LogP contribution in [0, 0.1) is 5.82 Å². The highest BCUT2D eigenvalue weighted by Crippen LogP contribution is 2.28. The van der Waals surface area contributed by atoms with Gasteiger partial charge in [0.1, 0.15) is 5.82 Å². The third-order valence-corrected chi connectivity index (χ3v) is 3.79. The van der Waals surface area contributed by atoms with Crippen molar-refractivity contribution in [3.63, 3.8) is 0 Å². The Hall–Kier alpha value is -3.00. The second-order valence-corrected chi connectivity index (χ2v) is 5.70. The maximum atomic E-state index is 14.2. The first-order valence-electron chi connectivity index (χ1n) is 6.91. The van der Waals surface area contributed by atoms with Gasteiger partial charge in [-0.1, -0.05) is 0 Å². The molecular weight excluding hydrogens is 333 g/mol. The zero-order valence-corrected chi connectivity index (χ0v) is 13.3. The lowest BCUT2D eigenvalue weighted by Gasteiger charge is -2.04. The van der Waals surface area contributed by atoms with Crippen LogP contribution in [-0.4, -0.2) is 16.8 Å². The minimum absolute atomic E-state index is 0.164. The molecule has 0 spiro atoms. The fourth-order valence-corrected chi connectivity index (χ4v) is 2.73. The van der Waals surface area contributed by atoms with Gasteiger partial charge < -0.3 is 9.73 Å². The standard InChI is InChI=1S/C16H12FN3O3S/c1-9(21)18-10-4-5-11(12(17)7-10)13-8-24-16(19-13)20-15(22)14-3-2-6-23-14/h2-8H,1H3,(H,18,21)(H,19,20,22). The van der Waals surface area contributed by atoms with Crippen molar-refractivity contribution < 1.29 is 18.4 Å². The molecule has 2 amide bonds. The van der Waals surface area contributed by atoms with Gasteiger partial charge >= 0.3 is 0 Å². The SMILES string of the molecule is CC(=O)Nc1ccc(-c2csc(NC(=O)c3ccco3)n2)c(F)c1. The van der Waals surface area contributed by atoms with E-state index in [0.29, 0.717) is 16.5 Å². The fraction of sp³-hybridized carbons (Fsp3) is 0.0625. The van der Waals surface area contributed by atoms with Crippen molar-refractivity contribution >= 4 is 34.0 Å². The third-order valence-electron chi connectivity index (χ3n) is 3.04. The summed E-state index contributed by atoms with van der Waals surface area (Å²) in [4.78, 5) is 27.1. The van der Waals surface area contributed by atoms with E-state index in [2.05, 4.69) is 15.6 Å². The Kier molecular flexibility index (Phi) is 4.39. The number of hydrogen-bond donors (Lipinski definition) is 2. The van der Waals surface area contributed by atoms with Gasteiger partial charge in [-0.15, -0.1) is 11.3 Å². The summed E-state index contributed by atoms with van der Waals surface area (Å²) < 4.78 is 19.2. The molecule has 0 bridgehead atoms. The summed E-state index contributed by atoms with van der Waals surface area (Å²) >= 11 is 1.17. The number of furan rings is 1. The molecule has 0 radical (unpaired) electrons. The highest BCUT2D eigenvalue weighted by atomic mass is 32.1. The van der Waals surface area contributed by atoms with Crippen LogP contribution in [0.25, 0.3) is 11.3 Å². The van der Waals surface area contributed by atoms with Crippen LogP contribution in [0.1, 0.15) is 17.5 Å². The van der Waals surface area contributed by atoms with Gasteiger partial charge in [0.25, 0.3) is 5.91 Å². The smallest absolute Gasteiger partial charge is 0.293 e. The van der Waals surface area contributed by atoms with Crippen LogP contribution in [0.3, 0.4) is 0 Å². The van der Waals surface area contributed by atoms with Crippen molar-refractivity contribution in [2.24, 2.45) is 0 Å². The van der Waals surface area contributed by atoms with E-state index in [9.17, 15) is 14.0 Å². The molecule has 0 aliphatic carbocycles. The van der Waals surface area contributed by atoms with Gasteiger partial charge in [-0.3, -0.25) is 14.9 Å². The summed E-state index contributed by atoms with van der Waals surface area (Å²) in [6, 6.07) is 7.46. The average Bonchev–Trinajstić information content (AvgIpc) is 3.18. The summed E-state index contributed by atoms with van der Waals surface area (Å²) in [5.74, 6) is -1.06. The third kappa shape index (κ3) is 3.49. The summed E-state index contributed by atoms with van der Waals surface area (Å²) in [6.45, 7) is 1.35. The van der Waals surface area contributed by atoms with E-state index in [1.165, 1.54) is 42.7 Å². The van der Waals surface area contributed by atoms with E-state index >= 15 is 0 Å². The largest absolute Gasteiger partial charge is 0.459 e. The minimum atomic E-state index is -0.518. The van der Waals surface area contributed by atoms with Gasteiger partial charge in [0.15, 0.2) is 10.9 Å². The molecule has 0 aliphatic rings. The number of hydrogen-bond acceptors (Lipinski definition) is 5. The van der Waals surface area contributed by atoms with Gasteiger partial charge in [-0.05, 0) is 30.3 Å². The molecule has 122 valence electrons. The molecule has 0 aliphatic heterocycles. The first kappa shape index (κ1) is 15.9. The molecule has 0 saturated carbocycles. The lowest BCUT2D eigenvalue weighted by Crippen LogP contribution is -2.10. The second-order valence-electron chi connectivity index (χ2n) is 4.85. The first-order chi connectivity index (χ1) is 11.5. The van der Waals surface area contributed by atoms with Crippen molar-refractivity contribution in [2.45, 2.75) is 6.92 Å². The highest BCUT2D eigenvalue weighted by Gasteiger charge is 2.14. The molecular formula is C16H12FN3O3S. The number of benzene rings is 1. The molecule has 2 N–H and O–H groups in total. The van der Waals surface area contributed by atoms with Crippen molar-refractivity contribution in [1.29, 1.82) is 0 Å². The van der Waals surface area contributed by atoms with E-state index in [-0.39, 0.29) is 17.2 Å². The summed E-state index contributed by atoms with van der Waals surface area (Å²) in [6.07, 6.45) is 1.40. The maximum Gasteiger partial charge on any atom is 0.293 e. The molecule has 24 heavy (non-hydrogen) atoms. The molecule has 0 unspecified atom stereocenters. The van der Waals surface area contributed by atoms with Crippen LogP contribution >= 0.6 is 11.3 Å². The average molecular weight is 345 g/mol. The lowest BCUT2D eigenvalue weighted by atomic mass is 10.1. The van der Waals surface area contributed by atoms with Crippen molar-refractivity contribution in [1.82, 2.24) is 4.98 Å². The van der Waals surface area contributed by atoms with E-state index in [1.807, 2.05) is 0 Å². The molecule has 8 heteroatoms. The summed E-state index contributed by atoms with van der Waals surface area (Å²) in [5, 5.41) is 7.06. The summed E-state index contributed by atoms with van der Waals surface area (Å²) in [7, 11) is 0. The van der Waals surface area contributed by atoms with E-state index in [1.54, 1.807) is 17.5 Å². The lowest BCUT2D eigenvalue weighted by molar-refractivity contribution is -0.114. The zero-order chi connectivity index (χ0) is 17.1. The van der Waals surface area contributed by atoms with Crippen LogP contribution in [0.2, 0.25) is 0 Å². The number of carbonyl (C=O) groups is 2. The number of halogens is 1. The van der Waals surface area contributed by atoms with Crippen molar-refractivity contribution in [2.75, 3.05) is 10.6 Å². The zero-order valence-electron chi connectivity index (χ0n) is 12.5. The molecule has 3 rings (SSSR count). The minimum Gasteiger partial charge on any atom is -0.459 e. The van der Waals surface area contributed by atoms with Crippen LogP contribution in [0.4, 0.5) is 15.2 Å². The number of aromatic nitrogens is 1. The van der Waals surface area contributed by atoms with Crippen LogP contribution in [-0.2, 0) is 4.79 Å². The predicted octanol–water partition coefficient (Wildman–Crippen LogP) is 3.75. The highest BCUT2D eigenvalue weighted by molar-refractivity contribution is 7.14. The number of thiazole rings is 1. The van der Waals surface area contributed by atoms with Gasteiger partial charge in [0.05, 0.1) is 12.0 Å². The topological polar surface area (TPSA) is 84.2 Å².